The highest BCUT2D eigenvalue weighted by Gasteiger charge is 2.35. The first kappa shape index (κ1) is 15.9. The topological polar surface area (TPSA) is 97.4 Å². The summed E-state index contributed by atoms with van der Waals surface area (Å²) in [7, 11) is -2.73. The number of aromatic nitrogens is 3. The Hall–Kier alpha value is -1.49. The lowest BCUT2D eigenvalue weighted by molar-refractivity contribution is -0.145. The number of carbonyl (C=O) groups is 1. The molecule has 1 aliphatic heterocycles. The van der Waals surface area contributed by atoms with Crippen molar-refractivity contribution in [3.8, 4) is 0 Å². The van der Waals surface area contributed by atoms with Gasteiger partial charge in [-0.1, -0.05) is 0 Å². The van der Waals surface area contributed by atoms with Crippen LogP contribution in [-0.4, -0.2) is 47.6 Å². The van der Waals surface area contributed by atoms with Gasteiger partial charge in [-0.3, -0.25) is 4.79 Å². The van der Waals surface area contributed by atoms with Crippen LogP contribution < -0.4 is 0 Å². The quantitative estimate of drug-likeness (QED) is 0.851. The Labute approximate surface area is 118 Å². The van der Waals surface area contributed by atoms with E-state index in [1.807, 2.05) is 0 Å². The molecule has 1 amide bonds. The van der Waals surface area contributed by atoms with E-state index >= 15 is 0 Å². The fourth-order valence-corrected chi connectivity index (χ4v) is 3.93. The lowest BCUT2D eigenvalue weighted by Crippen LogP contribution is -2.27. The maximum atomic E-state index is 12.3. The highest BCUT2D eigenvalue weighted by atomic mass is 32.2. The van der Waals surface area contributed by atoms with Crippen LogP contribution in [0.1, 0.15) is 18.7 Å². The van der Waals surface area contributed by atoms with Gasteiger partial charge in [0.15, 0.2) is 0 Å². The number of aliphatic hydroxyl groups excluding tert-OH is 1. The van der Waals surface area contributed by atoms with Crippen molar-refractivity contribution in [2.75, 3.05) is 11.5 Å². The Morgan fingerprint density at radius 2 is 2.10 bits per heavy atom. The highest BCUT2D eigenvalue weighted by molar-refractivity contribution is 7.93. The first-order valence-corrected chi connectivity index (χ1v) is 7.93. The zero-order chi connectivity index (χ0) is 15.7. The van der Waals surface area contributed by atoms with Gasteiger partial charge in [0.05, 0.1) is 15.8 Å². The summed E-state index contributed by atoms with van der Waals surface area (Å²) < 4.78 is 53.4. The summed E-state index contributed by atoms with van der Waals surface area (Å²) in [5.74, 6) is -1.97. The Bertz CT molecular complexity index is 634. The van der Waals surface area contributed by atoms with Crippen LogP contribution in [0.4, 0.5) is 13.2 Å². The third-order valence-corrected chi connectivity index (χ3v) is 5.18. The molecule has 0 aromatic carbocycles. The number of carbonyl (C=O) groups excluding carboxylic acids is 1. The Kier molecular flexibility index (Phi) is 4.33. The zero-order valence-electron chi connectivity index (χ0n) is 10.8. The predicted molar refractivity (Wildman–Crippen MR) is 65.6 cm³/mol. The summed E-state index contributed by atoms with van der Waals surface area (Å²) in [5.41, 5.74) is 0. The van der Waals surface area contributed by atoms with Crippen LogP contribution in [0.3, 0.4) is 0 Å². The van der Waals surface area contributed by atoms with Crippen molar-refractivity contribution in [1.82, 2.24) is 14.8 Å². The monoisotopic (exact) mass is 326 g/mol. The molecule has 0 atom stereocenters. The first-order chi connectivity index (χ1) is 9.68. The van der Waals surface area contributed by atoms with E-state index in [1.54, 1.807) is 0 Å². The summed E-state index contributed by atoms with van der Waals surface area (Å²) in [6.45, 7) is -0.553. The Morgan fingerprint density at radius 1 is 1.48 bits per heavy atom. The molecule has 2 heterocycles. The minimum atomic E-state index is -4.68. The van der Waals surface area contributed by atoms with Gasteiger partial charge < -0.3 is 5.11 Å². The van der Waals surface area contributed by atoms with Crippen LogP contribution in [0.5, 0.6) is 0 Å². The molecule has 11 heteroatoms. The number of nitrogens with zero attached hydrogens (tertiary/aromatic N) is 4. The second-order valence-electron chi connectivity index (χ2n) is 4.66. The summed E-state index contributed by atoms with van der Waals surface area (Å²) in [6.07, 6.45) is -3.88. The first-order valence-electron chi connectivity index (χ1n) is 6.08. The molecule has 118 valence electrons. The number of amides is 1. The third-order valence-electron chi connectivity index (χ3n) is 2.90. The average molecular weight is 326 g/mol. The van der Waals surface area contributed by atoms with Crippen molar-refractivity contribution in [3.63, 3.8) is 0 Å². The fourth-order valence-electron chi connectivity index (χ4n) is 1.83. The third kappa shape index (κ3) is 4.24. The molecule has 0 spiro atoms. The smallest absolute Gasteiger partial charge is 0.393 e. The summed E-state index contributed by atoms with van der Waals surface area (Å²) in [4.78, 5) is 14.7. The molecule has 0 bridgehead atoms. The van der Waals surface area contributed by atoms with Crippen molar-refractivity contribution in [2.45, 2.75) is 31.7 Å². The lowest BCUT2D eigenvalue weighted by atomic mass is 10.2. The maximum Gasteiger partial charge on any atom is 0.453 e. The highest BCUT2D eigenvalue weighted by Crippen LogP contribution is 2.25. The van der Waals surface area contributed by atoms with Gasteiger partial charge in [0, 0.05) is 11.5 Å². The van der Waals surface area contributed by atoms with Crippen molar-refractivity contribution in [3.05, 3.63) is 12.2 Å². The van der Waals surface area contributed by atoms with Crippen molar-refractivity contribution in [1.29, 1.82) is 0 Å². The number of hydrogen-bond donors (Lipinski definition) is 1. The van der Waals surface area contributed by atoms with E-state index in [1.165, 1.54) is 0 Å². The number of rotatable bonds is 2. The van der Waals surface area contributed by atoms with Crippen LogP contribution in [0.25, 0.3) is 0 Å². The molecule has 1 aromatic rings. The summed E-state index contributed by atoms with van der Waals surface area (Å²) in [6, 6.07) is 0. The summed E-state index contributed by atoms with van der Waals surface area (Å²) in [5, 5.41) is 12.4. The molecular weight excluding hydrogens is 313 g/mol. The van der Waals surface area contributed by atoms with Gasteiger partial charge in [-0.05, 0) is 12.8 Å². The standard InChI is InChI=1S/C10H13F3N4O3S/c11-10(12,13)9-14-6-17(15-9)5-8(19)16-21(20)3-1-7(18)2-4-21/h6-7,18H,1-5H2. The Balaban J connectivity index is 2.05. The second-order valence-corrected chi connectivity index (χ2v) is 7.20. The van der Waals surface area contributed by atoms with Crippen molar-refractivity contribution < 1.29 is 27.3 Å². The van der Waals surface area contributed by atoms with Gasteiger partial charge in [-0.15, -0.1) is 5.10 Å². The molecule has 0 saturated carbocycles. The predicted octanol–water partition coefficient (Wildman–Crippen LogP) is 0.446. The zero-order valence-corrected chi connectivity index (χ0v) is 11.6. The molecule has 1 aliphatic rings. The van der Waals surface area contributed by atoms with Gasteiger partial charge in [0.2, 0.25) is 0 Å². The molecule has 0 radical (unpaired) electrons. The second kappa shape index (κ2) is 5.72. The van der Waals surface area contributed by atoms with E-state index in [2.05, 4.69) is 14.4 Å². The molecule has 1 saturated heterocycles. The summed E-state index contributed by atoms with van der Waals surface area (Å²) >= 11 is 0. The van der Waals surface area contributed by atoms with Crippen LogP contribution in [0.15, 0.2) is 10.7 Å². The SMILES string of the molecule is O=C(Cn1cnc(C(F)(F)F)n1)N=S1(=O)CCC(O)CC1. The minimum Gasteiger partial charge on any atom is -0.393 e. The molecule has 0 aliphatic carbocycles. The van der Waals surface area contributed by atoms with Crippen molar-refractivity contribution >= 4 is 15.6 Å². The Morgan fingerprint density at radius 3 is 2.62 bits per heavy atom. The number of hydrogen-bond acceptors (Lipinski definition) is 5. The van der Waals surface area contributed by atoms with E-state index in [0.717, 1.165) is 6.33 Å². The van der Waals surface area contributed by atoms with Gasteiger partial charge in [-0.25, -0.2) is 13.9 Å². The van der Waals surface area contributed by atoms with E-state index < -0.39 is 40.3 Å². The molecule has 1 aromatic heterocycles. The molecule has 1 N–H and O–H groups in total. The number of halogens is 3. The number of aliphatic hydroxyl groups is 1. The average Bonchev–Trinajstić information content (AvgIpc) is 2.81. The molecule has 21 heavy (non-hydrogen) atoms. The lowest BCUT2D eigenvalue weighted by Gasteiger charge is -2.19. The van der Waals surface area contributed by atoms with Crippen molar-refractivity contribution in [2.24, 2.45) is 4.36 Å². The molecule has 0 unspecified atom stereocenters. The fraction of sp³-hybridized carbons (Fsp3) is 0.700. The van der Waals surface area contributed by atoms with E-state index in [9.17, 15) is 27.3 Å². The van der Waals surface area contributed by atoms with Crippen LogP contribution in [-0.2, 0) is 27.2 Å². The van der Waals surface area contributed by atoms with Crippen LogP contribution >= 0.6 is 0 Å². The van der Waals surface area contributed by atoms with Crippen LogP contribution in [0, 0.1) is 0 Å². The van der Waals surface area contributed by atoms with E-state index in [-0.39, 0.29) is 24.3 Å². The maximum absolute atomic E-state index is 12.3. The van der Waals surface area contributed by atoms with Crippen LogP contribution in [0.2, 0.25) is 0 Å². The molecule has 1 fully saturated rings. The molecule has 2 rings (SSSR count). The number of alkyl halides is 3. The normalized spacial score (nSPS) is 26.6. The largest absolute Gasteiger partial charge is 0.453 e. The molecule has 7 nitrogen and oxygen atoms in total. The van der Waals surface area contributed by atoms with E-state index in [0.29, 0.717) is 4.68 Å². The minimum absolute atomic E-state index is 0.102. The van der Waals surface area contributed by atoms with Gasteiger partial charge in [-0.2, -0.15) is 17.5 Å². The van der Waals surface area contributed by atoms with Gasteiger partial charge in [0.1, 0.15) is 12.9 Å². The van der Waals surface area contributed by atoms with Gasteiger partial charge in [0.25, 0.3) is 11.7 Å². The van der Waals surface area contributed by atoms with E-state index in [4.69, 9.17) is 0 Å². The van der Waals surface area contributed by atoms with Gasteiger partial charge >= 0.3 is 6.18 Å². The molecular formula is C10H13F3N4O3S.